The summed E-state index contributed by atoms with van der Waals surface area (Å²) in [5.41, 5.74) is 2.62. The highest BCUT2D eigenvalue weighted by atomic mass is 15.1. The molecule has 0 spiro atoms. The highest BCUT2D eigenvalue weighted by Gasteiger charge is 2.11. The third kappa shape index (κ3) is 3.24. The van der Waals surface area contributed by atoms with Crippen LogP contribution in [-0.4, -0.2) is 26.7 Å². The third-order valence-electron chi connectivity index (χ3n) is 2.87. The van der Waals surface area contributed by atoms with Gasteiger partial charge in [-0.2, -0.15) is 0 Å². The molecule has 0 aliphatic heterocycles. The van der Waals surface area contributed by atoms with E-state index < -0.39 is 0 Å². The molecule has 0 aliphatic carbocycles. The lowest BCUT2D eigenvalue weighted by Crippen LogP contribution is -2.38. The first-order valence-electron chi connectivity index (χ1n) is 5.63. The summed E-state index contributed by atoms with van der Waals surface area (Å²) in [7, 11) is 4.17. The van der Waals surface area contributed by atoms with Crippen molar-refractivity contribution in [3.8, 4) is 0 Å². The van der Waals surface area contributed by atoms with Gasteiger partial charge in [-0.3, -0.25) is 0 Å². The summed E-state index contributed by atoms with van der Waals surface area (Å²) >= 11 is 0. The monoisotopic (exact) mass is 206 g/mol. The van der Waals surface area contributed by atoms with Crippen molar-refractivity contribution < 1.29 is 0 Å². The summed E-state index contributed by atoms with van der Waals surface area (Å²) in [6, 6.07) is 9.23. The second kappa shape index (κ2) is 5.76. The lowest BCUT2D eigenvalue weighted by Gasteiger charge is -2.29. The van der Waals surface area contributed by atoms with Gasteiger partial charge >= 0.3 is 0 Å². The molecule has 0 aromatic heterocycles. The van der Waals surface area contributed by atoms with Gasteiger partial charge in [-0.25, -0.2) is 0 Å². The summed E-state index contributed by atoms with van der Waals surface area (Å²) in [5.74, 6) is 0. The molecule has 1 aromatic carbocycles. The minimum Gasteiger partial charge on any atom is -0.370 e. The Morgan fingerprint density at radius 3 is 2.67 bits per heavy atom. The first-order chi connectivity index (χ1) is 7.19. The van der Waals surface area contributed by atoms with Crippen molar-refractivity contribution in [1.29, 1.82) is 0 Å². The Kier molecular flexibility index (Phi) is 4.63. The summed E-state index contributed by atoms with van der Waals surface area (Å²) in [6.45, 7) is 5.39. The van der Waals surface area contributed by atoms with Crippen LogP contribution in [0.4, 0.5) is 5.69 Å². The van der Waals surface area contributed by atoms with Crippen molar-refractivity contribution in [2.24, 2.45) is 0 Å². The molecule has 2 nitrogen and oxygen atoms in total. The van der Waals surface area contributed by atoms with Crippen molar-refractivity contribution in [2.75, 3.05) is 25.5 Å². The fraction of sp³-hybridized carbons (Fsp3) is 0.538. The fourth-order valence-electron chi connectivity index (χ4n) is 1.85. The number of benzene rings is 1. The average molecular weight is 206 g/mol. The molecule has 0 heterocycles. The fourth-order valence-corrected chi connectivity index (χ4v) is 1.85. The summed E-state index contributed by atoms with van der Waals surface area (Å²) in [5, 5.41) is 3.24. The molecule has 1 aromatic rings. The molecule has 2 heteroatoms. The van der Waals surface area contributed by atoms with Gasteiger partial charge in [-0.15, -0.1) is 0 Å². The van der Waals surface area contributed by atoms with Crippen LogP contribution in [0, 0.1) is 6.92 Å². The minimum absolute atomic E-state index is 0.566. The van der Waals surface area contributed by atoms with Crippen LogP contribution in [0.2, 0.25) is 0 Å². The molecule has 0 saturated carbocycles. The van der Waals surface area contributed by atoms with Crippen LogP contribution in [-0.2, 0) is 0 Å². The van der Waals surface area contributed by atoms with Crippen molar-refractivity contribution >= 4 is 5.69 Å². The first kappa shape index (κ1) is 12.1. The zero-order valence-corrected chi connectivity index (χ0v) is 10.2. The second-order valence-electron chi connectivity index (χ2n) is 4.07. The van der Waals surface area contributed by atoms with Gasteiger partial charge in [-0.05, 0) is 38.1 Å². The summed E-state index contributed by atoms with van der Waals surface area (Å²) in [4.78, 5) is 2.35. The predicted molar refractivity (Wildman–Crippen MR) is 67.6 cm³/mol. The zero-order chi connectivity index (χ0) is 11.3. The van der Waals surface area contributed by atoms with Gasteiger partial charge in [0.1, 0.15) is 0 Å². The number of rotatable bonds is 5. The van der Waals surface area contributed by atoms with Crippen LogP contribution in [0.15, 0.2) is 24.3 Å². The molecule has 0 aliphatic rings. The molecule has 0 amide bonds. The van der Waals surface area contributed by atoms with Gasteiger partial charge in [0.05, 0.1) is 0 Å². The van der Waals surface area contributed by atoms with Crippen LogP contribution in [0.3, 0.4) is 0 Å². The minimum atomic E-state index is 0.566. The summed E-state index contributed by atoms with van der Waals surface area (Å²) in [6.07, 6.45) is 1.16. The highest BCUT2D eigenvalue weighted by molar-refractivity contribution is 5.48. The molecule has 15 heavy (non-hydrogen) atoms. The topological polar surface area (TPSA) is 15.3 Å². The van der Waals surface area contributed by atoms with E-state index in [2.05, 4.69) is 55.4 Å². The van der Waals surface area contributed by atoms with Gasteiger partial charge < -0.3 is 10.2 Å². The van der Waals surface area contributed by atoms with Gasteiger partial charge in [0, 0.05) is 25.3 Å². The number of nitrogens with zero attached hydrogens (tertiary/aromatic N) is 1. The standard InChI is InChI=1S/C13H22N2/c1-5-12(10-14-3)15(4)13-8-6-7-11(2)9-13/h6-9,12,14H,5,10H2,1-4H3. The Morgan fingerprint density at radius 1 is 1.40 bits per heavy atom. The number of anilines is 1. The SMILES string of the molecule is CCC(CNC)N(C)c1cccc(C)c1. The smallest absolute Gasteiger partial charge is 0.0408 e. The number of aryl methyl sites for hydroxylation is 1. The van der Waals surface area contributed by atoms with Crippen molar-refractivity contribution in [3.63, 3.8) is 0 Å². The number of hydrogen-bond acceptors (Lipinski definition) is 2. The Bertz CT molecular complexity index is 296. The maximum atomic E-state index is 3.24. The molecule has 1 unspecified atom stereocenters. The molecule has 0 fully saturated rings. The molecular weight excluding hydrogens is 184 g/mol. The molecule has 1 rings (SSSR count). The van der Waals surface area contributed by atoms with E-state index in [-0.39, 0.29) is 0 Å². The quantitative estimate of drug-likeness (QED) is 0.796. The van der Waals surface area contributed by atoms with E-state index in [1.807, 2.05) is 7.05 Å². The second-order valence-corrected chi connectivity index (χ2v) is 4.07. The molecule has 0 saturated heterocycles. The first-order valence-corrected chi connectivity index (χ1v) is 5.63. The van der Waals surface area contributed by atoms with Crippen LogP contribution in [0.1, 0.15) is 18.9 Å². The predicted octanol–water partition coefficient (Wildman–Crippen LogP) is 2.43. The van der Waals surface area contributed by atoms with E-state index in [1.165, 1.54) is 11.3 Å². The van der Waals surface area contributed by atoms with Crippen molar-refractivity contribution in [1.82, 2.24) is 5.32 Å². The zero-order valence-electron chi connectivity index (χ0n) is 10.2. The van der Waals surface area contributed by atoms with Gasteiger partial charge in [0.25, 0.3) is 0 Å². The molecular formula is C13H22N2. The van der Waals surface area contributed by atoms with Crippen molar-refractivity contribution in [2.45, 2.75) is 26.3 Å². The normalized spacial score (nSPS) is 12.5. The Labute approximate surface area is 93.3 Å². The van der Waals surface area contributed by atoms with Crippen LogP contribution < -0.4 is 10.2 Å². The van der Waals surface area contributed by atoms with E-state index >= 15 is 0 Å². The number of hydrogen-bond donors (Lipinski definition) is 1. The van der Waals surface area contributed by atoms with E-state index in [0.29, 0.717) is 6.04 Å². The lowest BCUT2D eigenvalue weighted by molar-refractivity contribution is 0.572. The van der Waals surface area contributed by atoms with Gasteiger partial charge in [0.2, 0.25) is 0 Å². The molecule has 1 N–H and O–H groups in total. The van der Waals surface area contributed by atoms with E-state index in [1.54, 1.807) is 0 Å². The molecule has 0 radical (unpaired) electrons. The van der Waals surface area contributed by atoms with E-state index in [0.717, 1.165) is 13.0 Å². The largest absolute Gasteiger partial charge is 0.370 e. The van der Waals surface area contributed by atoms with E-state index in [4.69, 9.17) is 0 Å². The summed E-state index contributed by atoms with van der Waals surface area (Å²) < 4.78 is 0. The third-order valence-corrected chi connectivity index (χ3v) is 2.87. The Hall–Kier alpha value is -1.02. The van der Waals surface area contributed by atoms with Crippen molar-refractivity contribution in [3.05, 3.63) is 29.8 Å². The maximum Gasteiger partial charge on any atom is 0.0408 e. The lowest BCUT2D eigenvalue weighted by atomic mass is 10.1. The molecule has 0 bridgehead atoms. The maximum absolute atomic E-state index is 3.24. The van der Waals surface area contributed by atoms with Crippen LogP contribution in [0.25, 0.3) is 0 Å². The number of likely N-dealkylation sites (N-methyl/N-ethyl adjacent to an activating group) is 2. The Morgan fingerprint density at radius 2 is 2.13 bits per heavy atom. The Balaban J connectivity index is 2.77. The van der Waals surface area contributed by atoms with Gasteiger partial charge in [0.15, 0.2) is 0 Å². The average Bonchev–Trinajstić information content (AvgIpc) is 2.25. The molecule has 1 atom stereocenters. The van der Waals surface area contributed by atoms with Crippen LogP contribution in [0.5, 0.6) is 0 Å². The molecule has 84 valence electrons. The van der Waals surface area contributed by atoms with Crippen LogP contribution >= 0.6 is 0 Å². The highest BCUT2D eigenvalue weighted by Crippen LogP contribution is 2.17. The number of nitrogens with one attached hydrogen (secondary N) is 1. The van der Waals surface area contributed by atoms with Gasteiger partial charge in [-0.1, -0.05) is 19.1 Å². The van der Waals surface area contributed by atoms with E-state index in [9.17, 15) is 0 Å².